The largest absolute Gasteiger partial charge is 0.378 e. The van der Waals surface area contributed by atoms with Gasteiger partial charge in [0.25, 0.3) is 0 Å². The van der Waals surface area contributed by atoms with Gasteiger partial charge in [0.15, 0.2) is 0 Å². The third-order valence-corrected chi connectivity index (χ3v) is 4.93. The lowest BCUT2D eigenvalue weighted by Crippen LogP contribution is -2.33. The molecule has 0 spiro atoms. The molecule has 0 saturated carbocycles. The number of likely N-dealkylation sites (N-methyl/N-ethyl adjacent to an activating group) is 1. The summed E-state index contributed by atoms with van der Waals surface area (Å²) in [7, 11) is 2.09. The van der Waals surface area contributed by atoms with Gasteiger partial charge in [-0.2, -0.15) is 0 Å². The van der Waals surface area contributed by atoms with Crippen LogP contribution in [0.15, 0.2) is 18.3 Å². The zero-order valence-electron chi connectivity index (χ0n) is 12.5. The van der Waals surface area contributed by atoms with Gasteiger partial charge < -0.3 is 10.1 Å². The van der Waals surface area contributed by atoms with Gasteiger partial charge in [0.1, 0.15) is 0 Å². The van der Waals surface area contributed by atoms with Gasteiger partial charge >= 0.3 is 0 Å². The standard InChI is InChI=1S/C17H26N2O/c1-18-16(10-8-14-6-2-3-12-20-14)15-9-7-13-5-4-11-19-17(13)15/h4-5,11,14-16,18H,2-3,6-10,12H2,1H3. The van der Waals surface area contributed by atoms with Gasteiger partial charge in [0.2, 0.25) is 0 Å². The van der Waals surface area contributed by atoms with Crippen LogP contribution in [0.3, 0.4) is 0 Å². The molecule has 0 amide bonds. The Hall–Kier alpha value is -0.930. The molecule has 3 rings (SSSR count). The first kappa shape index (κ1) is 14.0. The van der Waals surface area contributed by atoms with Crippen molar-refractivity contribution in [3.8, 4) is 0 Å². The maximum Gasteiger partial charge on any atom is 0.0575 e. The quantitative estimate of drug-likeness (QED) is 0.896. The van der Waals surface area contributed by atoms with Crippen LogP contribution < -0.4 is 5.32 Å². The summed E-state index contributed by atoms with van der Waals surface area (Å²) in [6.45, 7) is 0.961. The summed E-state index contributed by atoms with van der Waals surface area (Å²) >= 11 is 0. The molecule has 110 valence electrons. The minimum atomic E-state index is 0.490. The molecule has 0 bridgehead atoms. The topological polar surface area (TPSA) is 34.1 Å². The summed E-state index contributed by atoms with van der Waals surface area (Å²) in [5.74, 6) is 0.583. The van der Waals surface area contributed by atoms with Crippen molar-refractivity contribution in [3.05, 3.63) is 29.6 Å². The second-order valence-corrected chi connectivity index (χ2v) is 6.15. The van der Waals surface area contributed by atoms with E-state index in [-0.39, 0.29) is 0 Å². The highest BCUT2D eigenvalue weighted by Crippen LogP contribution is 2.35. The van der Waals surface area contributed by atoms with Gasteiger partial charge in [-0.15, -0.1) is 0 Å². The molecule has 20 heavy (non-hydrogen) atoms. The van der Waals surface area contributed by atoms with Crippen LogP contribution in [0.1, 0.15) is 55.7 Å². The molecule has 1 fully saturated rings. The van der Waals surface area contributed by atoms with Crippen LogP contribution >= 0.6 is 0 Å². The van der Waals surface area contributed by atoms with Crippen molar-refractivity contribution in [1.82, 2.24) is 10.3 Å². The van der Waals surface area contributed by atoms with E-state index in [1.165, 1.54) is 56.2 Å². The minimum Gasteiger partial charge on any atom is -0.378 e. The first-order valence-electron chi connectivity index (χ1n) is 8.11. The molecule has 1 aromatic heterocycles. The summed E-state index contributed by atoms with van der Waals surface area (Å²) in [6.07, 6.45) is 11.1. The third kappa shape index (κ3) is 3.04. The fraction of sp³-hybridized carbons (Fsp3) is 0.706. The summed E-state index contributed by atoms with van der Waals surface area (Å²) < 4.78 is 5.86. The molecule has 3 unspecified atom stereocenters. The molecule has 2 aliphatic rings. The number of nitrogens with one attached hydrogen (secondary N) is 1. The lowest BCUT2D eigenvalue weighted by atomic mass is 9.91. The van der Waals surface area contributed by atoms with E-state index in [0.717, 1.165) is 6.61 Å². The number of aryl methyl sites for hydroxylation is 1. The van der Waals surface area contributed by atoms with Gasteiger partial charge in [-0.25, -0.2) is 0 Å². The Labute approximate surface area is 122 Å². The maximum atomic E-state index is 5.86. The second kappa shape index (κ2) is 6.68. The van der Waals surface area contributed by atoms with Crippen molar-refractivity contribution < 1.29 is 4.74 Å². The molecule has 0 radical (unpaired) electrons. The van der Waals surface area contributed by atoms with Crippen molar-refractivity contribution in [1.29, 1.82) is 0 Å². The van der Waals surface area contributed by atoms with Crippen LogP contribution in [0.25, 0.3) is 0 Å². The van der Waals surface area contributed by atoms with Gasteiger partial charge in [-0.05, 0) is 63.6 Å². The van der Waals surface area contributed by atoms with Crippen LogP contribution in [-0.4, -0.2) is 30.8 Å². The molecule has 0 aromatic carbocycles. The van der Waals surface area contributed by atoms with E-state index >= 15 is 0 Å². The highest BCUT2D eigenvalue weighted by Gasteiger charge is 2.30. The van der Waals surface area contributed by atoms with Gasteiger partial charge in [0.05, 0.1) is 6.10 Å². The summed E-state index contributed by atoms with van der Waals surface area (Å²) in [4.78, 5) is 4.63. The predicted molar refractivity (Wildman–Crippen MR) is 81.0 cm³/mol. The Morgan fingerprint density at radius 2 is 2.35 bits per heavy atom. The Morgan fingerprint density at radius 1 is 1.40 bits per heavy atom. The molecule has 3 heteroatoms. The van der Waals surface area contributed by atoms with Crippen molar-refractivity contribution in [2.24, 2.45) is 0 Å². The van der Waals surface area contributed by atoms with E-state index in [4.69, 9.17) is 4.74 Å². The van der Waals surface area contributed by atoms with E-state index in [9.17, 15) is 0 Å². The van der Waals surface area contributed by atoms with E-state index < -0.39 is 0 Å². The molecule has 3 atom stereocenters. The van der Waals surface area contributed by atoms with Gasteiger partial charge in [0, 0.05) is 30.5 Å². The average molecular weight is 274 g/mol. The van der Waals surface area contributed by atoms with Crippen LogP contribution in [0.5, 0.6) is 0 Å². The predicted octanol–water partition coefficient (Wildman–Crippen LogP) is 3.05. The highest BCUT2D eigenvalue weighted by molar-refractivity contribution is 5.29. The molecule has 2 heterocycles. The van der Waals surface area contributed by atoms with Crippen molar-refractivity contribution >= 4 is 0 Å². The number of hydrogen-bond donors (Lipinski definition) is 1. The Morgan fingerprint density at radius 3 is 3.15 bits per heavy atom. The number of rotatable bonds is 5. The summed E-state index contributed by atoms with van der Waals surface area (Å²) in [5.41, 5.74) is 2.78. The van der Waals surface area contributed by atoms with E-state index in [1.807, 2.05) is 6.20 Å². The summed E-state index contributed by atoms with van der Waals surface area (Å²) in [6, 6.07) is 4.83. The average Bonchev–Trinajstić information content (AvgIpc) is 2.93. The monoisotopic (exact) mass is 274 g/mol. The van der Waals surface area contributed by atoms with Gasteiger partial charge in [-0.1, -0.05) is 6.07 Å². The third-order valence-electron chi connectivity index (χ3n) is 4.93. The molecule has 1 aliphatic heterocycles. The molecule has 3 nitrogen and oxygen atoms in total. The number of pyridine rings is 1. The lowest BCUT2D eigenvalue weighted by Gasteiger charge is -2.27. The summed E-state index contributed by atoms with van der Waals surface area (Å²) in [5, 5.41) is 3.53. The van der Waals surface area contributed by atoms with Crippen LogP contribution in [0.2, 0.25) is 0 Å². The zero-order valence-corrected chi connectivity index (χ0v) is 12.5. The zero-order chi connectivity index (χ0) is 13.8. The molecular weight excluding hydrogens is 248 g/mol. The molecule has 1 saturated heterocycles. The lowest BCUT2D eigenvalue weighted by molar-refractivity contribution is 0.00823. The smallest absolute Gasteiger partial charge is 0.0575 e. The fourth-order valence-electron chi connectivity index (χ4n) is 3.78. The molecular formula is C17H26N2O. The Bertz CT molecular complexity index is 429. The number of hydrogen-bond acceptors (Lipinski definition) is 3. The van der Waals surface area contributed by atoms with Crippen molar-refractivity contribution in [2.75, 3.05) is 13.7 Å². The fourth-order valence-corrected chi connectivity index (χ4v) is 3.78. The normalized spacial score (nSPS) is 27.2. The number of ether oxygens (including phenoxy) is 1. The number of nitrogens with zero attached hydrogens (tertiary/aromatic N) is 1. The van der Waals surface area contributed by atoms with Crippen LogP contribution in [-0.2, 0) is 11.2 Å². The van der Waals surface area contributed by atoms with Crippen molar-refractivity contribution in [3.63, 3.8) is 0 Å². The first-order chi connectivity index (χ1) is 9.88. The minimum absolute atomic E-state index is 0.490. The molecule has 1 aromatic rings. The Balaban J connectivity index is 1.59. The number of fused-ring (bicyclic) bond motifs is 1. The molecule has 1 aliphatic carbocycles. The van der Waals surface area contributed by atoms with E-state index in [2.05, 4.69) is 29.5 Å². The van der Waals surface area contributed by atoms with Crippen LogP contribution in [0.4, 0.5) is 0 Å². The Kier molecular flexibility index (Phi) is 4.69. The first-order valence-corrected chi connectivity index (χ1v) is 8.11. The van der Waals surface area contributed by atoms with Gasteiger partial charge in [-0.3, -0.25) is 4.98 Å². The maximum absolute atomic E-state index is 5.86. The number of aromatic nitrogens is 1. The highest BCUT2D eigenvalue weighted by atomic mass is 16.5. The van der Waals surface area contributed by atoms with E-state index in [0.29, 0.717) is 18.1 Å². The van der Waals surface area contributed by atoms with Crippen molar-refractivity contribution in [2.45, 2.75) is 63.0 Å². The molecule has 1 N–H and O–H groups in total. The van der Waals surface area contributed by atoms with E-state index in [1.54, 1.807) is 0 Å². The SMILES string of the molecule is CNC(CCC1CCCCO1)C1CCc2cccnc21. The van der Waals surface area contributed by atoms with Crippen LogP contribution in [0, 0.1) is 0 Å². The second-order valence-electron chi connectivity index (χ2n) is 6.15.